The highest BCUT2D eigenvalue weighted by Crippen LogP contribution is 2.31. The van der Waals surface area contributed by atoms with Crippen molar-refractivity contribution >= 4 is 29.3 Å². The molecule has 4 N–H and O–H groups in total. The predicted octanol–water partition coefficient (Wildman–Crippen LogP) is 0.390. The first-order valence-electron chi connectivity index (χ1n) is 9.58. The number of ether oxygens (including phenoxy) is 1. The van der Waals surface area contributed by atoms with Crippen molar-refractivity contribution < 1.29 is 24.9 Å². The number of nitrogens with zero attached hydrogens (tertiary/aromatic N) is 1. The van der Waals surface area contributed by atoms with Gasteiger partial charge in [0.1, 0.15) is 29.9 Å². The molecule has 7 nitrogen and oxygen atoms in total. The fourth-order valence-electron chi connectivity index (χ4n) is 4.11. The summed E-state index contributed by atoms with van der Waals surface area (Å²) in [6.45, 7) is 4.74. The maximum atomic E-state index is 12.9. The first-order valence-corrected chi connectivity index (χ1v) is 11.3. The molecule has 0 saturated carbocycles. The van der Waals surface area contributed by atoms with Crippen LogP contribution in [0.15, 0.2) is 0 Å². The van der Waals surface area contributed by atoms with Crippen molar-refractivity contribution in [1.29, 1.82) is 0 Å². The van der Waals surface area contributed by atoms with Gasteiger partial charge in [-0.2, -0.15) is 0 Å². The second-order valence-corrected chi connectivity index (χ2v) is 9.36. The SMILES string of the molecule is CCC[C@@H]1C[C@H](C(=O)N[C@@H]([C@H]2O[C@H](SC)[C@@H](O)[C@@H](O)[C@H]2O)[C@@H](C)Cl)N(C)C1. The third kappa shape index (κ3) is 5.29. The number of amides is 1. The lowest BCUT2D eigenvalue weighted by atomic mass is 9.92. The summed E-state index contributed by atoms with van der Waals surface area (Å²) in [5.74, 6) is 0.350. The molecule has 0 bridgehead atoms. The minimum Gasteiger partial charge on any atom is -0.388 e. The lowest BCUT2D eigenvalue weighted by molar-refractivity contribution is -0.205. The largest absolute Gasteiger partial charge is 0.388 e. The summed E-state index contributed by atoms with van der Waals surface area (Å²) in [6.07, 6.45) is -0.0980. The third-order valence-corrected chi connectivity index (χ3v) is 6.76. The summed E-state index contributed by atoms with van der Waals surface area (Å²) >= 11 is 7.55. The summed E-state index contributed by atoms with van der Waals surface area (Å²) in [4.78, 5) is 14.9. The van der Waals surface area contributed by atoms with Crippen LogP contribution >= 0.6 is 23.4 Å². The first-order chi connectivity index (χ1) is 12.7. The Hall–Kier alpha value is -0.0900. The number of likely N-dealkylation sites (N-methyl/N-ethyl adjacent to an activating group) is 1. The smallest absolute Gasteiger partial charge is 0.237 e. The Morgan fingerprint density at radius 1 is 1.33 bits per heavy atom. The van der Waals surface area contributed by atoms with Gasteiger partial charge in [0, 0.05) is 6.54 Å². The van der Waals surface area contributed by atoms with Gasteiger partial charge < -0.3 is 25.4 Å². The second-order valence-electron chi connectivity index (χ2n) is 7.73. The zero-order chi connectivity index (χ0) is 20.3. The van der Waals surface area contributed by atoms with Crippen LogP contribution in [0.2, 0.25) is 0 Å². The van der Waals surface area contributed by atoms with Crippen molar-refractivity contribution in [2.75, 3.05) is 19.8 Å². The molecular formula is C18H33ClN2O5S. The molecule has 9 atom stereocenters. The van der Waals surface area contributed by atoms with Gasteiger partial charge in [-0.05, 0) is 39.0 Å². The molecule has 2 saturated heterocycles. The van der Waals surface area contributed by atoms with E-state index in [1.165, 1.54) is 11.8 Å². The van der Waals surface area contributed by atoms with Gasteiger partial charge in [-0.25, -0.2) is 0 Å². The number of aliphatic hydroxyl groups excluding tert-OH is 3. The molecule has 0 aliphatic carbocycles. The van der Waals surface area contributed by atoms with Gasteiger partial charge >= 0.3 is 0 Å². The number of hydrogen-bond acceptors (Lipinski definition) is 7. The number of rotatable bonds is 7. The Labute approximate surface area is 170 Å². The van der Waals surface area contributed by atoms with Crippen LogP contribution in [0.4, 0.5) is 0 Å². The lowest BCUT2D eigenvalue weighted by Gasteiger charge is -2.44. The number of alkyl halides is 1. The van der Waals surface area contributed by atoms with Crippen LogP contribution in [0.25, 0.3) is 0 Å². The molecule has 0 radical (unpaired) electrons. The minimum atomic E-state index is -1.36. The topological polar surface area (TPSA) is 102 Å². The van der Waals surface area contributed by atoms with Crippen molar-refractivity contribution in [3.63, 3.8) is 0 Å². The Balaban J connectivity index is 2.09. The fraction of sp³-hybridized carbons (Fsp3) is 0.944. The molecule has 2 fully saturated rings. The number of hydrogen-bond donors (Lipinski definition) is 4. The van der Waals surface area contributed by atoms with Crippen molar-refractivity contribution in [3.8, 4) is 0 Å². The van der Waals surface area contributed by atoms with Crippen molar-refractivity contribution in [1.82, 2.24) is 10.2 Å². The molecule has 2 aliphatic rings. The number of carbonyl (C=O) groups excluding carboxylic acids is 1. The highest BCUT2D eigenvalue weighted by atomic mass is 35.5. The highest BCUT2D eigenvalue weighted by molar-refractivity contribution is 7.99. The molecule has 9 heteroatoms. The van der Waals surface area contributed by atoms with Crippen molar-refractivity contribution in [2.24, 2.45) is 5.92 Å². The van der Waals surface area contributed by atoms with Gasteiger partial charge in [0.25, 0.3) is 0 Å². The maximum Gasteiger partial charge on any atom is 0.237 e. The molecule has 27 heavy (non-hydrogen) atoms. The number of thioether (sulfide) groups is 1. The van der Waals surface area contributed by atoms with E-state index in [9.17, 15) is 20.1 Å². The standard InChI is InChI=1S/C18H33ClN2O5S/c1-5-6-10-7-11(21(3)8-10)17(25)20-12(9(2)19)16-14(23)13(22)15(24)18(26-16)27-4/h9-16,18,22-24H,5-8H2,1-4H3,(H,20,25)/t9-,10-,11-,12-,13+,14-,15+,16-,18-/m1/s1. The van der Waals surface area contributed by atoms with Crippen molar-refractivity contribution in [2.45, 2.75) is 80.4 Å². The van der Waals surface area contributed by atoms with E-state index < -0.39 is 41.3 Å². The predicted molar refractivity (Wildman–Crippen MR) is 107 cm³/mol. The van der Waals surface area contributed by atoms with Gasteiger partial charge in [-0.15, -0.1) is 23.4 Å². The summed E-state index contributed by atoms with van der Waals surface area (Å²) in [5, 5.41) is 33.0. The number of carbonyl (C=O) groups is 1. The zero-order valence-corrected chi connectivity index (χ0v) is 18.0. The number of nitrogens with one attached hydrogen (secondary N) is 1. The average molecular weight is 425 g/mol. The average Bonchev–Trinajstić information content (AvgIpc) is 2.99. The first kappa shape index (κ1) is 23.2. The number of halogens is 1. The van der Waals surface area contributed by atoms with E-state index in [2.05, 4.69) is 12.2 Å². The normalized spacial score (nSPS) is 39.9. The lowest BCUT2D eigenvalue weighted by Crippen LogP contribution is -2.65. The van der Waals surface area contributed by atoms with E-state index in [1.54, 1.807) is 13.2 Å². The van der Waals surface area contributed by atoms with Gasteiger partial charge in [-0.3, -0.25) is 9.69 Å². The van der Waals surface area contributed by atoms with Crippen LogP contribution < -0.4 is 5.32 Å². The van der Waals surface area contributed by atoms with E-state index in [0.29, 0.717) is 5.92 Å². The van der Waals surface area contributed by atoms with Crippen LogP contribution in [0.5, 0.6) is 0 Å². The summed E-state index contributed by atoms with van der Waals surface area (Å²) in [5.41, 5.74) is -0.702. The van der Waals surface area contributed by atoms with Gasteiger partial charge in [0.05, 0.1) is 17.5 Å². The molecule has 0 aromatic carbocycles. The van der Waals surface area contributed by atoms with Crippen LogP contribution in [-0.2, 0) is 9.53 Å². The molecule has 0 aromatic heterocycles. The van der Waals surface area contributed by atoms with Crippen LogP contribution in [0.3, 0.4) is 0 Å². The molecule has 2 aliphatic heterocycles. The monoisotopic (exact) mass is 424 g/mol. The molecule has 158 valence electrons. The third-order valence-electron chi connectivity index (χ3n) is 5.63. The molecule has 0 unspecified atom stereocenters. The molecule has 1 amide bonds. The van der Waals surface area contributed by atoms with Gasteiger partial charge in [0.15, 0.2) is 0 Å². The van der Waals surface area contributed by atoms with Crippen LogP contribution in [0.1, 0.15) is 33.1 Å². The quantitative estimate of drug-likeness (QED) is 0.438. The number of likely N-dealkylation sites (tertiary alicyclic amines) is 1. The summed E-state index contributed by atoms with van der Waals surface area (Å²) in [6, 6.07) is -0.934. The van der Waals surface area contributed by atoms with E-state index in [4.69, 9.17) is 16.3 Å². The minimum absolute atomic E-state index is 0.147. The van der Waals surface area contributed by atoms with Crippen LogP contribution in [-0.4, -0.2) is 93.3 Å². The van der Waals surface area contributed by atoms with E-state index >= 15 is 0 Å². The molecular weight excluding hydrogens is 392 g/mol. The van der Waals surface area contributed by atoms with Gasteiger partial charge in [0.2, 0.25) is 5.91 Å². The Kier molecular flexibility index (Phi) is 8.67. The number of aliphatic hydroxyl groups is 3. The maximum absolute atomic E-state index is 12.9. The molecule has 2 heterocycles. The van der Waals surface area contributed by atoms with Crippen LogP contribution in [0, 0.1) is 5.92 Å². The Morgan fingerprint density at radius 3 is 2.56 bits per heavy atom. The molecule has 2 rings (SSSR count). The van der Waals surface area contributed by atoms with E-state index in [-0.39, 0.29) is 11.9 Å². The summed E-state index contributed by atoms with van der Waals surface area (Å²) < 4.78 is 5.79. The Bertz CT molecular complexity index is 498. The van der Waals surface area contributed by atoms with E-state index in [1.807, 2.05) is 11.9 Å². The summed E-state index contributed by atoms with van der Waals surface area (Å²) in [7, 11) is 1.94. The fourth-order valence-corrected chi connectivity index (χ4v) is 5.00. The second kappa shape index (κ2) is 10.1. The zero-order valence-electron chi connectivity index (χ0n) is 16.4. The Morgan fingerprint density at radius 2 is 2.00 bits per heavy atom. The highest BCUT2D eigenvalue weighted by Gasteiger charge is 2.48. The molecule has 0 aromatic rings. The van der Waals surface area contributed by atoms with E-state index in [0.717, 1.165) is 25.8 Å². The van der Waals surface area contributed by atoms with Crippen molar-refractivity contribution in [3.05, 3.63) is 0 Å². The van der Waals surface area contributed by atoms with Gasteiger partial charge in [-0.1, -0.05) is 13.3 Å². The molecule has 0 spiro atoms.